The molecule has 5 nitrogen and oxygen atoms in total. The Hall–Kier alpha value is -2.47. The van der Waals surface area contributed by atoms with Crippen LogP contribution in [0.3, 0.4) is 0 Å². The molecule has 0 radical (unpaired) electrons. The maximum Gasteiger partial charge on any atom is 0.322 e. The highest BCUT2D eigenvalue weighted by Crippen LogP contribution is 2.24. The number of benzene rings is 2. The van der Waals surface area contributed by atoms with Crippen molar-refractivity contribution in [3.63, 3.8) is 0 Å². The Bertz CT molecular complexity index is 857. The van der Waals surface area contributed by atoms with Crippen molar-refractivity contribution in [2.75, 3.05) is 5.32 Å². The van der Waals surface area contributed by atoms with E-state index in [0.29, 0.717) is 11.5 Å². The number of amides is 1. The van der Waals surface area contributed by atoms with Crippen molar-refractivity contribution in [2.24, 2.45) is 0 Å². The van der Waals surface area contributed by atoms with Crippen LogP contribution in [0.5, 0.6) is 0 Å². The first-order chi connectivity index (χ1) is 11.0. The van der Waals surface area contributed by atoms with E-state index in [-0.39, 0.29) is 11.9 Å². The number of carbonyl (C=O) groups is 1. The van der Waals surface area contributed by atoms with Gasteiger partial charge in [0.1, 0.15) is 0 Å². The molecule has 3 aromatic rings. The first-order valence-electron chi connectivity index (χ1n) is 7.01. The van der Waals surface area contributed by atoms with Crippen molar-refractivity contribution in [3.8, 4) is 11.5 Å². The monoisotopic (exact) mass is 371 g/mol. The Balaban J connectivity index is 1.81. The molecule has 0 aliphatic rings. The molecule has 1 N–H and O–H groups in total. The van der Waals surface area contributed by atoms with Gasteiger partial charge in [-0.05, 0) is 49.7 Å². The summed E-state index contributed by atoms with van der Waals surface area (Å²) in [5.41, 5.74) is 3.51. The predicted octanol–water partition coefficient (Wildman–Crippen LogP) is 4.37. The van der Waals surface area contributed by atoms with Gasteiger partial charge >= 0.3 is 6.01 Å². The summed E-state index contributed by atoms with van der Waals surface area (Å²) in [6, 6.07) is 13.1. The molecule has 3 rings (SSSR count). The van der Waals surface area contributed by atoms with Gasteiger partial charge in [-0.15, -0.1) is 5.10 Å². The smallest absolute Gasteiger partial charge is 0.322 e. The minimum atomic E-state index is -0.298. The normalized spacial score (nSPS) is 10.6. The van der Waals surface area contributed by atoms with Crippen LogP contribution < -0.4 is 5.32 Å². The lowest BCUT2D eigenvalue weighted by Gasteiger charge is -2.02. The van der Waals surface area contributed by atoms with E-state index in [4.69, 9.17) is 4.42 Å². The molecule has 0 aliphatic carbocycles. The number of halogens is 1. The fourth-order valence-corrected chi connectivity index (χ4v) is 2.38. The first kappa shape index (κ1) is 15.4. The molecule has 0 spiro atoms. The van der Waals surface area contributed by atoms with Crippen molar-refractivity contribution in [1.82, 2.24) is 10.2 Å². The maximum absolute atomic E-state index is 12.1. The third-order valence-corrected chi connectivity index (χ3v) is 3.90. The largest absolute Gasteiger partial charge is 0.403 e. The summed E-state index contributed by atoms with van der Waals surface area (Å²) in [6.07, 6.45) is 0. The second-order valence-corrected chi connectivity index (χ2v) is 6.11. The SMILES string of the molecule is Cc1ccc(C)c(-c2nnc(NC(=O)c3ccc(Br)cc3)o2)c1. The molecule has 0 bridgehead atoms. The van der Waals surface area contributed by atoms with Crippen molar-refractivity contribution in [3.05, 3.63) is 63.6 Å². The van der Waals surface area contributed by atoms with Gasteiger partial charge < -0.3 is 4.42 Å². The Morgan fingerprint density at radius 1 is 1.09 bits per heavy atom. The Morgan fingerprint density at radius 3 is 2.57 bits per heavy atom. The van der Waals surface area contributed by atoms with Crippen molar-refractivity contribution >= 4 is 27.9 Å². The average molecular weight is 372 g/mol. The lowest BCUT2D eigenvalue weighted by atomic mass is 10.1. The molecule has 1 heterocycles. The molecular formula is C17H14BrN3O2. The van der Waals surface area contributed by atoms with Gasteiger partial charge in [-0.25, -0.2) is 0 Å². The molecule has 2 aromatic carbocycles. The van der Waals surface area contributed by atoms with Crippen LogP contribution in [0, 0.1) is 13.8 Å². The number of carbonyl (C=O) groups excluding carboxylic acids is 1. The van der Waals surface area contributed by atoms with Crippen LogP contribution in [-0.4, -0.2) is 16.1 Å². The lowest BCUT2D eigenvalue weighted by molar-refractivity contribution is 0.102. The zero-order chi connectivity index (χ0) is 16.4. The highest BCUT2D eigenvalue weighted by atomic mass is 79.9. The molecule has 1 amide bonds. The fourth-order valence-electron chi connectivity index (χ4n) is 2.12. The molecular weight excluding hydrogens is 358 g/mol. The fraction of sp³-hybridized carbons (Fsp3) is 0.118. The van der Waals surface area contributed by atoms with E-state index in [1.54, 1.807) is 24.3 Å². The minimum absolute atomic E-state index is 0.0776. The van der Waals surface area contributed by atoms with E-state index in [1.807, 2.05) is 32.0 Å². The summed E-state index contributed by atoms with van der Waals surface area (Å²) in [4.78, 5) is 12.1. The van der Waals surface area contributed by atoms with Gasteiger partial charge in [0.2, 0.25) is 5.89 Å². The number of nitrogens with one attached hydrogen (secondary N) is 1. The van der Waals surface area contributed by atoms with Gasteiger partial charge in [0.25, 0.3) is 5.91 Å². The van der Waals surface area contributed by atoms with Crippen LogP contribution in [0.25, 0.3) is 11.5 Å². The van der Waals surface area contributed by atoms with Crippen LogP contribution in [-0.2, 0) is 0 Å². The number of hydrogen-bond acceptors (Lipinski definition) is 4. The zero-order valence-electron chi connectivity index (χ0n) is 12.6. The summed E-state index contributed by atoms with van der Waals surface area (Å²) < 4.78 is 6.46. The van der Waals surface area contributed by atoms with Crippen LogP contribution >= 0.6 is 15.9 Å². The molecule has 0 saturated heterocycles. The predicted molar refractivity (Wildman–Crippen MR) is 91.3 cm³/mol. The third kappa shape index (κ3) is 3.48. The van der Waals surface area contributed by atoms with Gasteiger partial charge in [0.05, 0.1) is 0 Å². The lowest BCUT2D eigenvalue weighted by Crippen LogP contribution is -2.11. The highest BCUT2D eigenvalue weighted by Gasteiger charge is 2.14. The summed E-state index contributed by atoms with van der Waals surface area (Å²) in [7, 11) is 0. The molecule has 0 aliphatic heterocycles. The van der Waals surface area contributed by atoms with E-state index >= 15 is 0 Å². The van der Waals surface area contributed by atoms with E-state index in [2.05, 4.69) is 31.4 Å². The number of hydrogen-bond donors (Lipinski definition) is 1. The molecule has 6 heteroatoms. The van der Waals surface area contributed by atoms with Crippen molar-refractivity contribution < 1.29 is 9.21 Å². The Labute approximate surface area is 141 Å². The van der Waals surface area contributed by atoms with Crippen molar-refractivity contribution in [2.45, 2.75) is 13.8 Å². The topological polar surface area (TPSA) is 68.0 Å². The van der Waals surface area contributed by atoms with Crippen LogP contribution in [0.15, 0.2) is 51.4 Å². The van der Waals surface area contributed by atoms with Crippen LogP contribution in [0.2, 0.25) is 0 Å². The third-order valence-electron chi connectivity index (χ3n) is 3.38. The second kappa shape index (κ2) is 6.34. The quantitative estimate of drug-likeness (QED) is 0.742. The number of rotatable bonds is 3. The second-order valence-electron chi connectivity index (χ2n) is 5.19. The summed E-state index contributed by atoms with van der Waals surface area (Å²) >= 11 is 3.33. The summed E-state index contributed by atoms with van der Waals surface area (Å²) in [6.45, 7) is 3.97. The molecule has 1 aromatic heterocycles. The standard InChI is InChI=1S/C17H14BrN3O2/c1-10-3-4-11(2)14(9-10)16-20-21-17(23-16)19-15(22)12-5-7-13(18)8-6-12/h3-9H,1-2H3,(H,19,21,22). The minimum Gasteiger partial charge on any atom is -0.403 e. The molecule has 23 heavy (non-hydrogen) atoms. The molecule has 0 unspecified atom stereocenters. The van der Waals surface area contributed by atoms with Gasteiger partial charge in [-0.1, -0.05) is 38.7 Å². The van der Waals surface area contributed by atoms with Gasteiger partial charge in [0, 0.05) is 15.6 Å². The van der Waals surface area contributed by atoms with Crippen LogP contribution in [0.4, 0.5) is 6.01 Å². The maximum atomic E-state index is 12.1. The van der Waals surface area contributed by atoms with Gasteiger partial charge in [-0.3, -0.25) is 10.1 Å². The Kier molecular flexibility index (Phi) is 4.25. The van der Waals surface area contributed by atoms with E-state index in [1.165, 1.54) is 0 Å². The first-order valence-corrected chi connectivity index (χ1v) is 7.80. The zero-order valence-corrected chi connectivity index (χ0v) is 14.2. The molecule has 0 saturated carbocycles. The molecule has 0 fully saturated rings. The Morgan fingerprint density at radius 2 is 1.83 bits per heavy atom. The number of aryl methyl sites for hydroxylation is 2. The molecule has 0 atom stereocenters. The summed E-state index contributed by atoms with van der Waals surface area (Å²) in [5, 5.41) is 10.5. The summed E-state index contributed by atoms with van der Waals surface area (Å²) in [5.74, 6) is 0.0889. The van der Waals surface area contributed by atoms with Crippen LogP contribution in [0.1, 0.15) is 21.5 Å². The highest BCUT2D eigenvalue weighted by molar-refractivity contribution is 9.10. The number of anilines is 1. The van der Waals surface area contributed by atoms with E-state index < -0.39 is 0 Å². The van der Waals surface area contributed by atoms with E-state index in [0.717, 1.165) is 21.2 Å². The van der Waals surface area contributed by atoms with Crippen molar-refractivity contribution in [1.29, 1.82) is 0 Å². The molecule has 116 valence electrons. The average Bonchev–Trinajstić information content (AvgIpc) is 2.98. The number of nitrogens with zero attached hydrogens (tertiary/aromatic N) is 2. The van der Waals surface area contributed by atoms with Gasteiger partial charge in [0.15, 0.2) is 0 Å². The van der Waals surface area contributed by atoms with Gasteiger partial charge in [-0.2, -0.15) is 0 Å². The number of aromatic nitrogens is 2. The van der Waals surface area contributed by atoms with E-state index in [9.17, 15) is 4.79 Å².